The molecular formula is C26H29N3O6S. The molecule has 0 saturated carbocycles. The van der Waals surface area contributed by atoms with Gasteiger partial charge in [0.1, 0.15) is 12.3 Å². The van der Waals surface area contributed by atoms with Gasteiger partial charge in [0.05, 0.1) is 37.6 Å². The Morgan fingerprint density at radius 1 is 0.889 bits per heavy atom. The maximum absolute atomic E-state index is 13.5. The van der Waals surface area contributed by atoms with Gasteiger partial charge in [-0.2, -0.15) is 5.10 Å². The molecule has 10 heteroatoms. The third-order valence-corrected chi connectivity index (χ3v) is 7.19. The van der Waals surface area contributed by atoms with Crippen LogP contribution in [0.5, 0.6) is 17.2 Å². The van der Waals surface area contributed by atoms with Crippen molar-refractivity contribution in [2.75, 3.05) is 32.2 Å². The van der Waals surface area contributed by atoms with Crippen LogP contribution >= 0.6 is 0 Å². The van der Waals surface area contributed by atoms with Gasteiger partial charge in [0.2, 0.25) is 0 Å². The minimum atomic E-state index is -4.04. The zero-order valence-corrected chi connectivity index (χ0v) is 21.6. The van der Waals surface area contributed by atoms with Gasteiger partial charge in [0, 0.05) is 5.56 Å². The Balaban J connectivity index is 1.86. The monoisotopic (exact) mass is 511 g/mol. The first kappa shape index (κ1) is 26.6. The molecule has 0 aromatic heterocycles. The van der Waals surface area contributed by atoms with E-state index < -0.39 is 22.5 Å². The lowest BCUT2D eigenvalue weighted by atomic mass is 10.1. The van der Waals surface area contributed by atoms with Crippen LogP contribution < -0.4 is 23.9 Å². The van der Waals surface area contributed by atoms with E-state index in [2.05, 4.69) is 10.5 Å². The topological polar surface area (TPSA) is 107 Å². The number of nitrogens with zero attached hydrogens (tertiary/aromatic N) is 2. The Morgan fingerprint density at radius 3 is 2.11 bits per heavy atom. The number of hydrazone groups is 1. The van der Waals surface area contributed by atoms with Crippen LogP contribution in [-0.2, 0) is 14.8 Å². The number of anilines is 1. The average molecular weight is 512 g/mol. The SMILES string of the molecule is COc1ccc(N(CC(=O)N/N=C(/C)c2ccc(OC)c(OC)c2)S(=O)(=O)c2ccc(C)cc2)cc1. The predicted octanol–water partition coefficient (Wildman–Crippen LogP) is 3.76. The number of nitrogens with one attached hydrogen (secondary N) is 1. The first-order valence-electron chi connectivity index (χ1n) is 11.0. The number of aryl methyl sites for hydroxylation is 1. The van der Waals surface area contributed by atoms with Crippen molar-refractivity contribution in [3.05, 3.63) is 77.9 Å². The predicted molar refractivity (Wildman–Crippen MR) is 139 cm³/mol. The van der Waals surface area contributed by atoms with Gasteiger partial charge in [-0.25, -0.2) is 13.8 Å². The summed E-state index contributed by atoms with van der Waals surface area (Å²) < 4.78 is 43.7. The molecule has 0 saturated heterocycles. The quantitative estimate of drug-likeness (QED) is 0.328. The highest BCUT2D eigenvalue weighted by Gasteiger charge is 2.27. The van der Waals surface area contributed by atoms with Gasteiger partial charge in [-0.1, -0.05) is 17.7 Å². The molecule has 9 nitrogen and oxygen atoms in total. The van der Waals surface area contributed by atoms with E-state index >= 15 is 0 Å². The second-order valence-corrected chi connectivity index (χ2v) is 9.69. The maximum Gasteiger partial charge on any atom is 0.264 e. The number of hydrogen-bond donors (Lipinski definition) is 1. The van der Waals surface area contributed by atoms with Crippen molar-refractivity contribution < 1.29 is 27.4 Å². The Morgan fingerprint density at radius 2 is 1.53 bits per heavy atom. The number of carbonyl (C=O) groups excluding carboxylic acids is 1. The summed E-state index contributed by atoms with van der Waals surface area (Å²) in [7, 11) is 0.541. The Hall–Kier alpha value is -4.05. The number of amides is 1. The summed E-state index contributed by atoms with van der Waals surface area (Å²) in [4.78, 5) is 12.9. The number of hydrogen-bond acceptors (Lipinski definition) is 7. The molecule has 0 atom stereocenters. The van der Waals surface area contributed by atoms with Gasteiger partial charge < -0.3 is 14.2 Å². The molecule has 3 aromatic rings. The van der Waals surface area contributed by atoms with Crippen LogP contribution in [-0.4, -0.2) is 47.9 Å². The van der Waals surface area contributed by atoms with E-state index in [4.69, 9.17) is 14.2 Å². The summed E-state index contributed by atoms with van der Waals surface area (Å²) in [5.74, 6) is 1.03. The number of carbonyl (C=O) groups is 1. The van der Waals surface area contributed by atoms with E-state index in [1.807, 2.05) is 6.92 Å². The van der Waals surface area contributed by atoms with Crippen molar-refractivity contribution in [1.82, 2.24) is 5.43 Å². The third-order valence-electron chi connectivity index (χ3n) is 5.41. The van der Waals surface area contributed by atoms with E-state index in [-0.39, 0.29) is 4.90 Å². The number of benzene rings is 3. The molecule has 0 radical (unpaired) electrons. The standard InChI is InChI=1S/C26H29N3O6S/c1-18-6-13-23(14-7-18)36(31,32)29(21-9-11-22(33-3)12-10-21)17-26(30)28-27-19(2)20-8-15-24(34-4)25(16-20)35-5/h6-16H,17H2,1-5H3,(H,28,30)/b27-19-. The molecule has 0 fully saturated rings. The van der Waals surface area contributed by atoms with Crippen molar-refractivity contribution in [2.45, 2.75) is 18.7 Å². The summed E-state index contributed by atoms with van der Waals surface area (Å²) >= 11 is 0. The molecule has 190 valence electrons. The molecule has 0 spiro atoms. The Bertz CT molecular complexity index is 1340. The summed E-state index contributed by atoms with van der Waals surface area (Å²) in [6.45, 7) is 3.10. The minimum Gasteiger partial charge on any atom is -0.497 e. The molecule has 0 aliphatic heterocycles. The van der Waals surface area contributed by atoms with Crippen LogP contribution in [0, 0.1) is 6.92 Å². The molecule has 0 aliphatic carbocycles. The van der Waals surface area contributed by atoms with E-state index in [1.165, 1.54) is 33.5 Å². The molecule has 0 unspecified atom stereocenters. The van der Waals surface area contributed by atoms with E-state index in [1.54, 1.807) is 61.5 Å². The molecular weight excluding hydrogens is 482 g/mol. The zero-order chi connectivity index (χ0) is 26.3. The maximum atomic E-state index is 13.5. The van der Waals surface area contributed by atoms with E-state index in [0.29, 0.717) is 34.2 Å². The van der Waals surface area contributed by atoms with Crippen molar-refractivity contribution in [2.24, 2.45) is 5.10 Å². The molecule has 0 heterocycles. The molecule has 0 bridgehead atoms. The largest absolute Gasteiger partial charge is 0.497 e. The fourth-order valence-corrected chi connectivity index (χ4v) is 4.76. The molecule has 1 amide bonds. The van der Waals surface area contributed by atoms with Gasteiger partial charge >= 0.3 is 0 Å². The average Bonchev–Trinajstić information content (AvgIpc) is 2.90. The molecule has 1 N–H and O–H groups in total. The molecule has 0 aliphatic rings. The fraction of sp³-hybridized carbons (Fsp3) is 0.231. The normalized spacial score (nSPS) is 11.5. The summed E-state index contributed by atoms with van der Waals surface area (Å²) in [6, 6.07) is 18.1. The fourth-order valence-electron chi connectivity index (χ4n) is 3.34. The van der Waals surface area contributed by atoms with Crippen molar-refractivity contribution in [1.29, 1.82) is 0 Å². The highest BCUT2D eigenvalue weighted by atomic mass is 32.2. The van der Waals surface area contributed by atoms with E-state index in [9.17, 15) is 13.2 Å². The first-order chi connectivity index (χ1) is 17.2. The van der Waals surface area contributed by atoms with Crippen molar-refractivity contribution in [3.8, 4) is 17.2 Å². The summed E-state index contributed by atoms with van der Waals surface area (Å²) in [5, 5.41) is 4.14. The molecule has 3 aromatic carbocycles. The minimum absolute atomic E-state index is 0.0710. The van der Waals surface area contributed by atoms with Crippen molar-refractivity contribution in [3.63, 3.8) is 0 Å². The lowest BCUT2D eigenvalue weighted by molar-refractivity contribution is -0.119. The zero-order valence-electron chi connectivity index (χ0n) is 20.8. The Labute approximate surface area is 211 Å². The van der Waals surface area contributed by atoms with Gasteiger partial charge in [-0.3, -0.25) is 9.10 Å². The van der Waals surface area contributed by atoms with Crippen LogP contribution in [0.3, 0.4) is 0 Å². The summed E-state index contributed by atoms with van der Waals surface area (Å²) in [6.07, 6.45) is 0. The van der Waals surface area contributed by atoms with Gasteiger partial charge in [0.25, 0.3) is 15.9 Å². The van der Waals surface area contributed by atoms with Crippen LogP contribution in [0.15, 0.2) is 76.7 Å². The Kier molecular flexibility index (Phi) is 8.55. The number of sulfonamides is 1. The third kappa shape index (κ3) is 6.14. The molecule has 3 rings (SSSR count). The van der Waals surface area contributed by atoms with Crippen LogP contribution in [0.4, 0.5) is 5.69 Å². The van der Waals surface area contributed by atoms with Crippen LogP contribution in [0.25, 0.3) is 0 Å². The number of ether oxygens (including phenoxy) is 3. The lowest BCUT2D eigenvalue weighted by Crippen LogP contribution is -2.39. The second kappa shape index (κ2) is 11.6. The van der Waals surface area contributed by atoms with Gasteiger partial charge in [-0.05, 0) is 68.4 Å². The highest BCUT2D eigenvalue weighted by Crippen LogP contribution is 2.28. The number of rotatable bonds is 10. The molecule has 36 heavy (non-hydrogen) atoms. The van der Waals surface area contributed by atoms with Gasteiger partial charge in [0.15, 0.2) is 11.5 Å². The smallest absolute Gasteiger partial charge is 0.264 e. The first-order valence-corrected chi connectivity index (χ1v) is 12.4. The van der Waals surface area contributed by atoms with Crippen molar-refractivity contribution >= 4 is 27.3 Å². The highest BCUT2D eigenvalue weighted by molar-refractivity contribution is 7.92. The number of methoxy groups -OCH3 is 3. The van der Waals surface area contributed by atoms with E-state index in [0.717, 1.165) is 9.87 Å². The second-order valence-electron chi connectivity index (χ2n) is 7.82. The lowest BCUT2D eigenvalue weighted by Gasteiger charge is -2.24. The van der Waals surface area contributed by atoms with Gasteiger partial charge in [-0.15, -0.1) is 0 Å². The van der Waals surface area contributed by atoms with Crippen LogP contribution in [0.1, 0.15) is 18.1 Å². The summed E-state index contributed by atoms with van der Waals surface area (Å²) in [5.41, 5.74) is 4.88. The van der Waals surface area contributed by atoms with Crippen LogP contribution in [0.2, 0.25) is 0 Å².